The van der Waals surface area contributed by atoms with Crippen LogP contribution < -0.4 is 5.32 Å². The zero-order valence-corrected chi connectivity index (χ0v) is 13.5. The highest BCUT2D eigenvalue weighted by Crippen LogP contribution is 2.20. The number of rotatable bonds is 7. The third kappa shape index (κ3) is 4.20. The molecule has 0 saturated carbocycles. The lowest BCUT2D eigenvalue weighted by atomic mass is 10.1. The summed E-state index contributed by atoms with van der Waals surface area (Å²) in [5.74, 6) is -0.0552. The average molecular weight is 326 g/mol. The summed E-state index contributed by atoms with van der Waals surface area (Å²) < 4.78 is 0. The van der Waals surface area contributed by atoms with Gasteiger partial charge in [0.05, 0.1) is 25.3 Å². The molecule has 2 atom stereocenters. The quantitative estimate of drug-likeness (QED) is 0.763. The van der Waals surface area contributed by atoms with E-state index in [1.54, 1.807) is 0 Å². The molecule has 0 unspecified atom stereocenters. The molecule has 126 valence electrons. The number of carbonyl (C=O) groups excluding carboxylic acids is 1. The van der Waals surface area contributed by atoms with Crippen molar-refractivity contribution in [1.29, 1.82) is 0 Å². The van der Waals surface area contributed by atoms with E-state index in [2.05, 4.69) is 5.32 Å². The Kier molecular flexibility index (Phi) is 5.59. The van der Waals surface area contributed by atoms with E-state index in [-0.39, 0.29) is 24.6 Å². The molecular weight excluding hydrogens is 304 g/mol. The molecule has 1 saturated heterocycles. The fraction of sp³-hybridized carbons (Fsp3) is 0.316. The highest BCUT2D eigenvalue weighted by Gasteiger charge is 2.37. The van der Waals surface area contributed by atoms with Gasteiger partial charge in [-0.1, -0.05) is 60.7 Å². The van der Waals surface area contributed by atoms with Crippen LogP contribution >= 0.6 is 0 Å². The number of hydrogen-bond acceptors (Lipinski definition) is 4. The monoisotopic (exact) mass is 326 g/mol. The minimum Gasteiger partial charge on any atom is -0.394 e. The van der Waals surface area contributed by atoms with Crippen LogP contribution in [0.25, 0.3) is 0 Å². The third-order valence-corrected chi connectivity index (χ3v) is 4.19. The molecule has 1 fully saturated rings. The van der Waals surface area contributed by atoms with Crippen molar-refractivity contribution < 1.29 is 14.7 Å². The SMILES string of the molecule is O=C1C[C@H](N(Cc2ccccc2)OCc2ccccc2)[C@@H](CO)N1. The van der Waals surface area contributed by atoms with E-state index in [4.69, 9.17) is 4.84 Å². The zero-order chi connectivity index (χ0) is 16.8. The first-order valence-electron chi connectivity index (χ1n) is 8.14. The van der Waals surface area contributed by atoms with E-state index in [1.807, 2.05) is 65.7 Å². The average Bonchev–Trinajstić information content (AvgIpc) is 3.01. The van der Waals surface area contributed by atoms with Crippen LogP contribution in [0.4, 0.5) is 0 Å². The minimum atomic E-state index is -0.308. The molecule has 0 spiro atoms. The molecule has 1 amide bonds. The lowest BCUT2D eigenvalue weighted by Crippen LogP contribution is -2.45. The van der Waals surface area contributed by atoms with E-state index in [0.29, 0.717) is 19.6 Å². The van der Waals surface area contributed by atoms with Crippen molar-refractivity contribution in [3.63, 3.8) is 0 Å². The Bertz CT molecular complexity index is 648. The van der Waals surface area contributed by atoms with Gasteiger partial charge in [-0.25, -0.2) is 0 Å². The first-order valence-corrected chi connectivity index (χ1v) is 8.14. The molecule has 0 aliphatic carbocycles. The molecule has 1 heterocycles. The van der Waals surface area contributed by atoms with E-state index >= 15 is 0 Å². The summed E-state index contributed by atoms with van der Waals surface area (Å²) in [6.07, 6.45) is 0.326. The minimum absolute atomic E-state index is 0.0552. The van der Waals surface area contributed by atoms with Gasteiger partial charge in [-0.15, -0.1) is 0 Å². The number of aliphatic hydroxyl groups is 1. The van der Waals surface area contributed by atoms with Gasteiger partial charge in [0, 0.05) is 13.0 Å². The van der Waals surface area contributed by atoms with Crippen LogP contribution in [0.5, 0.6) is 0 Å². The van der Waals surface area contributed by atoms with Gasteiger partial charge in [0.15, 0.2) is 0 Å². The Morgan fingerprint density at radius 1 is 1.04 bits per heavy atom. The lowest BCUT2D eigenvalue weighted by Gasteiger charge is -2.30. The van der Waals surface area contributed by atoms with Crippen molar-refractivity contribution in [2.45, 2.75) is 31.7 Å². The topological polar surface area (TPSA) is 61.8 Å². The zero-order valence-electron chi connectivity index (χ0n) is 13.5. The fourth-order valence-electron chi connectivity index (χ4n) is 2.92. The molecule has 2 N–H and O–H groups in total. The van der Waals surface area contributed by atoms with Gasteiger partial charge in [-0.3, -0.25) is 9.63 Å². The summed E-state index contributed by atoms with van der Waals surface area (Å²) in [7, 11) is 0. The van der Waals surface area contributed by atoms with Crippen LogP contribution in [0.15, 0.2) is 60.7 Å². The molecule has 1 aliphatic heterocycles. The highest BCUT2D eigenvalue weighted by molar-refractivity contribution is 5.79. The van der Waals surface area contributed by atoms with Crippen LogP contribution in [0.3, 0.4) is 0 Å². The number of aliphatic hydroxyl groups excluding tert-OH is 1. The van der Waals surface area contributed by atoms with E-state index in [9.17, 15) is 9.90 Å². The second kappa shape index (κ2) is 8.06. The number of hydrogen-bond donors (Lipinski definition) is 2. The third-order valence-electron chi connectivity index (χ3n) is 4.19. The van der Waals surface area contributed by atoms with Crippen LogP contribution in [0.1, 0.15) is 17.5 Å². The van der Waals surface area contributed by atoms with Crippen molar-refractivity contribution in [2.75, 3.05) is 6.61 Å². The van der Waals surface area contributed by atoms with Crippen LogP contribution in [-0.4, -0.2) is 34.8 Å². The Morgan fingerprint density at radius 2 is 1.67 bits per heavy atom. The van der Waals surface area contributed by atoms with E-state index in [0.717, 1.165) is 11.1 Å². The molecule has 3 rings (SSSR count). The van der Waals surface area contributed by atoms with Crippen molar-refractivity contribution in [2.24, 2.45) is 0 Å². The largest absolute Gasteiger partial charge is 0.394 e. The molecule has 2 aromatic rings. The van der Waals surface area contributed by atoms with Crippen LogP contribution in [0.2, 0.25) is 0 Å². The molecule has 5 heteroatoms. The second-order valence-corrected chi connectivity index (χ2v) is 5.95. The summed E-state index contributed by atoms with van der Waals surface area (Å²) in [6, 6.07) is 19.4. The van der Waals surface area contributed by atoms with Gasteiger partial charge >= 0.3 is 0 Å². The van der Waals surface area contributed by atoms with Gasteiger partial charge in [-0.2, -0.15) is 5.06 Å². The maximum absolute atomic E-state index is 11.7. The smallest absolute Gasteiger partial charge is 0.222 e. The van der Waals surface area contributed by atoms with Gasteiger partial charge < -0.3 is 10.4 Å². The number of hydroxylamine groups is 2. The Hall–Kier alpha value is -2.21. The fourth-order valence-corrected chi connectivity index (χ4v) is 2.92. The predicted molar refractivity (Wildman–Crippen MR) is 90.6 cm³/mol. The molecular formula is C19H22N2O3. The normalized spacial score (nSPS) is 20.3. The van der Waals surface area contributed by atoms with Gasteiger partial charge in [0.2, 0.25) is 5.91 Å². The van der Waals surface area contributed by atoms with Crippen molar-refractivity contribution in [1.82, 2.24) is 10.4 Å². The molecule has 24 heavy (non-hydrogen) atoms. The number of carbonyl (C=O) groups is 1. The standard InChI is InChI=1S/C19H22N2O3/c22-13-17-18(11-19(23)20-17)21(12-15-7-3-1-4-8-15)24-14-16-9-5-2-6-10-16/h1-10,17-18,22H,11-14H2,(H,20,23)/t17-,18+/m1/s1. The number of nitrogens with one attached hydrogen (secondary N) is 1. The molecule has 0 bridgehead atoms. The molecule has 5 nitrogen and oxygen atoms in total. The van der Waals surface area contributed by atoms with Gasteiger partial charge in [0.1, 0.15) is 0 Å². The summed E-state index contributed by atoms with van der Waals surface area (Å²) in [5.41, 5.74) is 2.16. The number of amides is 1. The maximum Gasteiger partial charge on any atom is 0.222 e. The number of benzene rings is 2. The van der Waals surface area contributed by atoms with Crippen molar-refractivity contribution >= 4 is 5.91 Å². The van der Waals surface area contributed by atoms with E-state index in [1.165, 1.54) is 0 Å². The van der Waals surface area contributed by atoms with E-state index < -0.39 is 0 Å². The van der Waals surface area contributed by atoms with Crippen LogP contribution in [-0.2, 0) is 22.8 Å². The summed E-state index contributed by atoms with van der Waals surface area (Å²) in [5, 5.41) is 14.2. The molecule has 1 aliphatic rings. The summed E-state index contributed by atoms with van der Waals surface area (Å²) in [4.78, 5) is 17.8. The Labute approximate surface area is 141 Å². The van der Waals surface area contributed by atoms with Crippen LogP contribution in [0, 0.1) is 0 Å². The Balaban J connectivity index is 1.74. The molecule has 0 aromatic heterocycles. The highest BCUT2D eigenvalue weighted by atomic mass is 16.7. The molecule has 0 radical (unpaired) electrons. The van der Waals surface area contributed by atoms with Crippen molar-refractivity contribution in [3.8, 4) is 0 Å². The summed E-state index contributed by atoms with van der Waals surface area (Å²) >= 11 is 0. The predicted octanol–water partition coefficient (Wildman–Crippen LogP) is 1.87. The maximum atomic E-state index is 11.7. The Morgan fingerprint density at radius 3 is 2.29 bits per heavy atom. The molecule has 2 aromatic carbocycles. The number of nitrogens with zero attached hydrogens (tertiary/aromatic N) is 1. The lowest BCUT2D eigenvalue weighted by molar-refractivity contribution is -0.206. The first-order chi connectivity index (χ1) is 11.8. The van der Waals surface area contributed by atoms with Crippen molar-refractivity contribution in [3.05, 3.63) is 71.8 Å². The summed E-state index contributed by atoms with van der Waals surface area (Å²) in [6.45, 7) is 0.886. The van der Waals surface area contributed by atoms with Gasteiger partial charge in [-0.05, 0) is 11.1 Å². The van der Waals surface area contributed by atoms with Gasteiger partial charge in [0.25, 0.3) is 0 Å². The first kappa shape index (κ1) is 16.6. The second-order valence-electron chi connectivity index (χ2n) is 5.95.